The van der Waals surface area contributed by atoms with Crippen molar-refractivity contribution >= 4 is 15.4 Å². The first-order valence-corrected chi connectivity index (χ1v) is 10.5. The van der Waals surface area contributed by atoms with Gasteiger partial charge in [-0.05, 0) is 25.7 Å². The highest BCUT2D eigenvalue weighted by atomic mass is 31.2. The van der Waals surface area contributed by atoms with Crippen molar-refractivity contribution in [3.05, 3.63) is 0 Å². The molecular formula is C16H32BO7P. The van der Waals surface area contributed by atoms with E-state index < -0.39 is 42.9 Å². The summed E-state index contributed by atoms with van der Waals surface area (Å²) in [5.41, 5.74) is -1.03. The maximum absolute atomic E-state index is 12.8. The lowest BCUT2D eigenvalue weighted by atomic mass is 9.87. The summed E-state index contributed by atoms with van der Waals surface area (Å²) in [6.07, 6.45) is -1.12. The standard InChI is InChI=1S/C16H32BO7P/c1-6-15(7-2,24-25(20,21)16(19,8-3)9-4)10-11-12(18)13(22-5)14(17)23-11/h11-14,18-19H,6-10H2,1-5H3,(H,20,21)/t11-,12-,13-,14-/m1/s1. The van der Waals surface area contributed by atoms with Crippen molar-refractivity contribution in [3.63, 3.8) is 0 Å². The number of aliphatic hydroxyl groups excluding tert-OH is 1. The minimum absolute atomic E-state index is 0.0972. The number of hydrogen-bond acceptors (Lipinski definition) is 6. The summed E-state index contributed by atoms with van der Waals surface area (Å²) < 4.78 is 29.2. The molecular weight excluding hydrogens is 346 g/mol. The molecule has 7 nitrogen and oxygen atoms in total. The van der Waals surface area contributed by atoms with Crippen LogP contribution in [0.3, 0.4) is 0 Å². The number of ether oxygens (including phenoxy) is 2. The molecule has 1 rings (SSSR count). The van der Waals surface area contributed by atoms with E-state index in [4.69, 9.17) is 21.8 Å². The zero-order valence-corrected chi connectivity index (χ0v) is 16.7. The third-order valence-corrected chi connectivity index (χ3v) is 7.80. The highest BCUT2D eigenvalue weighted by Crippen LogP contribution is 2.61. The van der Waals surface area contributed by atoms with Crippen molar-refractivity contribution in [2.75, 3.05) is 7.11 Å². The van der Waals surface area contributed by atoms with Crippen LogP contribution in [0.25, 0.3) is 0 Å². The molecule has 0 saturated carbocycles. The van der Waals surface area contributed by atoms with Crippen LogP contribution in [0.4, 0.5) is 0 Å². The summed E-state index contributed by atoms with van der Waals surface area (Å²) in [6.45, 7) is 6.94. The molecule has 1 heterocycles. The maximum Gasteiger partial charge on any atom is 0.359 e. The Morgan fingerprint density at radius 3 is 2.04 bits per heavy atom. The molecule has 146 valence electrons. The van der Waals surface area contributed by atoms with Gasteiger partial charge in [0.15, 0.2) is 5.34 Å². The smallest absolute Gasteiger partial charge is 0.359 e. The molecule has 0 aromatic heterocycles. The average Bonchev–Trinajstić information content (AvgIpc) is 2.85. The van der Waals surface area contributed by atoms with Gasteiger partial charge in [0.05, 0.1) is 11.7 Å². The molecule has 25 heavy (non-hydrogen) atoms. The molecule has 1 aliphatic rings. The minimum Gasteiger partial charge on any atom is -0.388 e. The van der Waals surface area contributed by atoms with Gasteiger partial charge in [-0.3, -0.25) is 9.09 Å². The zero-order valence-electron chi connectivity index (χ0n) is 15.8. The molecule has 0 aliphatic carbocycles. The second kappa shape index (κ2) is 8.83. The summed E-state index contributed by atoms with van der Waals surface area (Å²) in [5, 5.41) is 19.0. The summed E-state index contributed by atoms with van der Waals surface area (Å²) >= 11 is 0. The second-order valence-corrected chi connectivity index (χ2v) is 8.78. The van der Waals surface area contributed by atoms with Crippen LogP contribution in [-0.2, 0) is 18.6 Å². The summed E-state index contributed by atoms with van der Waals surface area (Å²) in [6, 6.07) is -0.777. The van der Waals surface area contributed by atoms with Crippen LogP contribution >= 0.6 is 7.60 Å². The van der Waals surface area contributed by atoms with Crippen LogP contribution < -0.4 is 0 Å². The third kappa shape index (κ3) is 4.67. The molecule has 1 saturated heterocycles. The fourth-order valence-electron chi connectivity index (χ4n) is 3.28. The van der Waals surface area contributed by atoms with E-state index in [9.17, 15) is 19.7 Å². The van der Waals surface area contributed by atoms with Crippen LogP contribution in [0.1, 0.15) is 59.8 Å². The fraction of sp³-hybridized carbons (Fsp3) is 1.00. The first-order valence-electron chi connectivity index (χ1n) is 8.93. The Morgan fingerprint density at radius 2 is 1.68 bits per heavy atom. The highest BCUT2D eigenvalue weighted by molar-refractivity contribution is 7.54. The fourth-order valence-corrected chi connectivity index (χ4v) is 5.10. The summed E-state index contributed by atoms with van der Waals surface area (Å²) in [5.74, 6) is 0. The Balaban J connectivity index is 3.03. The highest BCUT2D eigenvalue weighted by Gasteiger charge is 2.51. The quantitative estimate of drug-likeness (QED) is 0.394. The van der Waals surface area contributed by atoms with Gasteiger partial charge in [0.2, 0.25) is 0 Å². The number of aliphatic hydroxyl groups is 2. The van der Waals surface area contributed by atoms with Gasteiger partial charge < -0.3 is 24.6 Å². The molecule has 1 aliphatic heterocycles. The van der Waals surface area contributed by atoms with Crippen LogP contribution in [0.2, 0.25) is 0 Å². The molecule has 1 unspecified atom stereocenters. The molecule has 3 N–H and O–H groups in total. The molecule has 0 aromatic carbocycles. The molecule has 5 atom stereocenters. The van der Waals surface area contributed by atoms with Crippen molar-refractivity contribution in [2.45, 2.75) is 95.1 Å². The van der Waals surface area contributed by atoms with E-state index in [2.05, 4.69) is 0 Å². The van der Waals surface area contributed by atoms with Gasteiger partial charge in [0.25, 0.3) is 0 Å². The Kier molecular flexibility index (Phi) is 8.16. The lowest BCUT2D eigenvalue weighted by molar-refractivity contribution is -0.0565. The average molecular weight is 378 g/mol. The second-order valence-electron chi connectivity index (χ2n) is 6.73. The maximum atomic E-state index is 12.8. The van der Waals surface area contributed by atoms with Gasteiger partial charge in [0.1, 0.15) is 20.1 Å². The van der Waals surface area contributed by atoms with Gasteiger partial charge in [-0.1, -0.05) is 27.7 Å². The minimum atomic E-state index is -4.33. The van der Waals surface area contributed by atoms with E-state index >= 15 is 0 Å². The molecule has 0 bridgehead atoms. The Hall–Kier alpha value is 0.0549. The Bertz CT molecular complexity index is 467. The van der Waals surface area contributed by atoms with Crippen LogP contribution in [0.15, 0.2) is 0 Å². The topological polar surface area (TPSA) is 105 Å². The Labute approximate surface area is 152 Å². The summed E-state index contributed by atoms with van der Waals surface area (Å²) in [7, 11) is 2.93. The number of rotatable bonds is 10. The first kappa shape index (κ1) is 23.1. The largest absolute Gasteiger partial charge is 0.388 e. The normalized spacial score (nSPS) is 30.4. The van der Waals surface area contributed by atoms with Crippen LogP contribution in [-0.4, -0.2) is 65.3 Å². The SMILES string of the molecule is [B][C@@H]1O[C@H](CC(CC)(CC)OP(=O)(O)C(O)(CC)CC)[C@@H](O)[C@H]1OC. The molecule has 1 fully saturated rings. The van der Waals surface area contributed by atoms with Crippen molar-refractivity contribution in [2.24, 2.45) is 0 Å². The van der Waals surface area contributed by atoms with E-state index in [0.29, 0.717) is 12.8 Å². The van der Waals surface area contributed by atoms with Gasteiger partial charge in [-0.25, -0.2) is 0 Å². The molecule has 2 radical (unpaired) electrons. The Morgan fingerprint density at radius 1 is 1.16 bits per heavy atom. The van der Waals surface area contributed by atoms with E-state index in [1.54, 1.807) is 13.8 Å². The van der Waals surface area contributed by atoms with Crippen molar-refractivity contribution in [1.82, 2.24) is 0 Å². The lowest BCUT2D eigenvalue weighted by Crippen LogP contribution is -2.42. The number of hydrogen-bond donors (Lipinski definition) is 3. The van der Waals surface area contributed by atoms with Crippen LogP contribution in [0.5, 0.6) is 0 Å². The summed E-state index contributed by atoms with van der Waals surface area (Å²) in [4.78, 5) is 10.5. The van der Waals surface area contributed by atoms with Crippen molar-refractivity contribution < 1.29 is 33.7 Å². The monoisotopic (exact) mass is 378 g/mol. The molecule has 9 heteroatoms. The van der Waals surface area contributed by atoms with E-state index in [1.807, 2.05) is 13.8 Å². The predicted molar refractivity (Wildman–Crippen MR) is 95.6 cm³/mol. The third-order valence-electron chi connectivity index (χ3n) is 5.48. The number of methoxy groups -OCH3 is 1. The van der Waals surface area contributed by atoms with Gasteiger partial charge >= 0.3 is 7.60 Å². The molecule has 0 amide bonds. The molecule has 0 aromatic rings. The first-order chi connectivity index (χ1) is 11.5. The zero-order chi connectivity index (χ0) is 19.5. The van der Waals surface area contributed by atoms with Crippen LogP contribution in [0, 0.1) is 0 Å². The predicted octanol–water partition coefficient (Wildman–Crippen LogP) is 1.92. The van der Waals surface area contributed by atoms with E-state index in [-0.39, 0.29) is 19.3 Å². The van der Waals surface area contributed by atoms with E-state index in [0.717, 1.165) is 0 Å². The van der Waals surface area contributed by atoms with Crippen molar-refractivity contribution in [3.8, 4) is 0 Å². The molecule has 0 spiro atoms. The van der Waals surface area contributed by atoms with E-state index in [1.165, 1.54) is 7.11 Å². The van der Waals surface area contributed by atoms with Gasteiger partial charge in [-0.15, -0.1) is 0 Å². The lowest BCUT2D eigenvalue weighted by Gasteiger charge is -2.40. The van der Waals surface area contributed by atoms with Gasteiger partial charge in [-0.2, -0.15) is 0 Å². The van der Waals surface area contributed by atoms with Gasteiger partial charge in [0, 0.05) is 19.5 Å². The van der Waals surface area contributed by atoms with Crippen molar-refractivity contribution in [1.29, 1.82) is 0 Å².